The SMILES string of the molecule is CS(=O)(=O)c1ccc(CN2CCC3(CCN(CCC(NC(=O)Cc4ccccc4Cl)c4ccccc4)CC3)C2=O)cc1.Cl. The zero-order valence-electron chi connectivity index (χ0n) is 24.4. The van der Waals surface area contributed by atoms with Gasteiger partial charge in [0.2, 0.25) is 11.8 Å². The van der Waals surface area contributed by atoms with Crippen LogP contribution < -0.4 is 5.32 Å². The molecule has 7 nitrogen and oxygen atoms in total. The molecule has 2 amide bonds. The van der Waals surface area contributed by atoms with Crippen molar-refractivity contribution in [3.63, 3.8) is 0 Å². The molecule has 1 N–H and O–H groups in total. The van der Waals surface area contributed by atoms with E-state index in [0.717, 1.165) is 68.6 Å². The first-order valence-electron chi connectivity index (χ1n) is 14.5. The number of hydrogen-bond donors (Lipinski definition) is 1. The summed E-state index contributed by atoms with van der Waals surface area (Å²) < 4.78 is 23.5. The molecule has 230 valence electrons. The van der Waals surface area contributed by atoms with Crippen LogP contribution in [0.3, 0.4) is 0 Å². The fraction of sp³-hybridized carbons (Fsp3) is 0.394. The second kappa shape index (κ2) is 14.2. The highest BCUT2D eigenvalue weighted by Crippen LogP contribution is 2.42. The summed E-state index contributed by atoms with van der Waals surface area (Å²) in [6, 6.07) is 24.2. The number of piperidine rings is 1. The fourth-order valence-corrected chi connectivity index (χ4v) is 6.99. The van der Waals surface area contributed by atoms with Gasteiger partial charge in [-0.3, -0.25) is 9.59 Å². The first-order valence-corrected chi connectivity index (χ1v) is 16.8. The molecule has 0 saturated carbocycles. The Morgan fingerprint density at radius 2 is 1.56 bits per heavy atom. The van der Waals surface area contributed by atoms with Crippen molar-refractivity contribution in [2.45, 2.75) is 49.6 Å². The van der Waals surface area contributed by atoms with Crippen LogP contribution >= 0.6 is 24.0 Å². The van der Waals surface area contributed by atoms with Gasteiger partial charge in [-0.15, -0.1) is 12.4 Å². The summed E-state index contributed by atoms with van der Waals surface area (Å²) in [6.07, 6.45) is 4.70. The van der Waals surface area contributed by atoms with E-state index < -0.39 is 9.84 Å². The molecular weight excluding hydrogens is 605 g/mol. The number of carbonyl (C=O) groups is 2. The van der Waals surface area contributed by atoms with E-state index in [4.69, 9.17) is 11.6 Å². The Bertz CT molecular complexity index is 1510. The van der Waals surface area contributed by atoms with Crippen molar-refractivity contribution in [3.8, 4) is 0 Å². The van der Waals surface area contributed by atoms with E-state index in [2.05, 4.69) is 10.2 Å². The number of carbonyl (C=O) groups excluding carboxylic acids is 2. The predicted octanol–water partition coefficient (Wildman–Crippen LogP) is 5.47. The molecule has 2 heterocycles. The maximum absolute atomic E-state index is 13.5. The number of nitrogens with zero attached hydrogens (tertiary/aromatic N) is 2. The molecule has 2 saturated heterocycles. The van der Waals surface area contributed by atoms with Crippen LogP contribution in [0, 0.1) is 5.41 Å². The van der Waals surface area contributed by atoms with Crippen LogP contribution in [0.1, 0.15) is 48.4 Å². The molecule has 2 aliphatic heterocycles. The molecule has 3 aromatic carbocycles. The Morgan fingerprint density at radius 3 is 2.21 bits per heavy atom. The molecule has 1 unspecified atom stereocenters. The van der Waals surface area contributed by atoms with Crippen LogP contribution in [0.4, 0.5) is 0 Å². The van der Waals surface area contributed by atoms with Gasteiger partial charge in [-0.05, 0) is 73.7 Å². The first-order chi connectivity index (χ1) is 20.1. The van der Waals surface area contributed by atoms with Crippen molar-refractivity contribution in [3.05, 3.63) is 101 Å². The van der Waals surface area contributed by atoms with Crippen molar-refractivity contribution in [2.24, 2.45) is 5.41 Å². The minimum atomic E-state index is -3.24. The van der Waals surface area contributed by atoms with Crippen LogP contribution in [-0.4, -0.2) is 62.5 Å². The number of sulfone groups is 1. The van der Waals surface area contributed by atoms with Crippen molar-refractivity contribution < 1.29 is 18.0 Å². The van der Waals surface area contributed by atoms with E-state index in [1.807, 2.05) is 53.4 Å². The molecule has 0 aliphatic carbocycles. The van der Waals surface area contributed by atoms with Crippen LogP contribution in [0.15, 0.2) is 83.8 Å². The molecule has 5 rings (SSSR count). The Hall–Kier alpha value is -2.91. The summed E-state index contributed by atoms with van der Waals surface area (Å²) in [5, 5.41) is 3.82. The topological polar surface area (TPSA) is 86.8 Å². The van der Waals surface area contributed by atoms with Crippen LogP contribution in [0.25, 0.3) is 0 Å². The molecule has 1 spiro atoms. The lowest BCUT2D eigenvalue weighted by molar-refractivity contribution is -0.139. The minimum Gasteiger partial charge on any atom is -0.349 e. The molecule has 0 radical (unpaired) electrons. The zero-order valence-corrected chi connectivity index (χ0v) is 26.8. The third-order valence-corrected chi connectivity index (χ3v) is 10.2. The van der Waals surface area contributed by atoms with Gasteiger partial charge in [0.1, 0.15) is 0 Å². The first kappa shape index (κ1) is 33.0. The van der Waals surface area contributed by atoms with E-state index >= 15 is 0 Å². The third kappa shape index (κ3) is 8.18. The Morgan fingerprint density at radius 1 is 0.930 bits per heavy atom. The van der Waals surface area contributed by atoms with Crippen molar-refractivity contribution in [2.75, 3.05) is 32.4 Å². The smallest absolute Gasteiger partial charge is 0.229 e. The lowest BCUT2D eigenvalue weighted by Crippen LogP contribution is -2.45. The zero-order chi connectivity index (χ0) is 29.7. The van der Waals surface area contributed by atoms with Gasteiger partial charge in [0.15, 0.2) is 9.84 Å². The van der Waals surface area contributed by atoms with Gasteiger partial charge in [-0.2, -0.15) is 0 Å². The number of nitrogens with one attached hydrogen (secondary N) is 1. The lowest BCUT2D eigenvalue weighted by atomic mass is 9.77. The maximum Gasteiger partial charge on any atom is 0.229 e. The molecule has 2 aliphatic rings. The minimum absolute atomic E-state index is 0. The number of halogens is 2. The molecule has 3 aromatic rings. The molecule has 0 aromatic heterocycles. The highest BCUT2D eigenvalue weighted by molar-refractivity contribution is 7.90. The summed E-state index contributed by atoms with van der Waals surface area (Å²) in [5.74, 6) is 0.153. The molecule has 0 bridgehead atoms. The molecular formula is C33H39Cl2N3O4S. The van der Waals surface area contributed by atoms with E-state index in [9.17, 15) is 18.0 Å². The standard InChI is InChI=1S/C33H38ClN3O4S.ClH/c1-42(40,41)28-13-11-25(12-14-28)24-37-22-18-33(32(37)39)16-20-36(21-17-33)19-15-30(26-7-3-2-4-8-26)35-31(38)23-27-9-5-6-10-29(27)34;/h2-14,30H,15-24H2,1H3,(H,35,38);1H. The number of likely N-dealkylation sites (tertiary alicyclic amines) is 2. The van der Waals surface area contributed by atoms with E-state index in [-0.39, 0.29) is 47.0 Å². The summed E-state index contributed by atoms with van der Waals surface area (Å²) in [6.45, 7) is 3.74. The fourth-order valence-electron chi connectivity index (χ4n) is 6.15. The van der Waals surface area contributed by atoms with Crippen molar-refractivity contribution in [1.29, 1.82) is 0 Å². The highest BCUT2D eigenvalue weighted by Gasteiger charge is 2.47. The Kier molecular flexibility index (Phi) is 10.9. The number of benzene rings is 3. The van der Waals surface area contributed by atoms with E-state index in [1.165, 1.54) is 6.26 Å². The Balaban J connectivity index is 0.00000423. The predicted molar refractivity (Wildman–Crippen MR) is 172 cm³/mol. The normalized spacial score (nSPS) is 17.4. The highest BCUT2D eigenvalue weighted by atomic mass is 35.5. The van der Waals surface area contributed by atoms with Gasteiger partial charge in [0.05, 0.1) is 22.8 Å². The summed E-state index contributed by atoms with van der Waals surface area (Å²) >= 11 is 6.28. The second-order valence-electron chi connectivity index (χ2n) is 11.6. The van der Waals surface area contributed by atoms with Crippen LogP contribution in [0.5, 0.6) is 0 Å². The summed E-state index contributed by atoms with van der Waals surface area (Å²) in [5.41, 5.74) is 2.51. The van der Waals surface area contributed by atoms with Gasteiger partial charge in [0, 0.05) is 30.9 Å². The quantitative estimate of drug-likeness (QED) is 0.317. The van der Waals surface area contributed by atoms with Crippen molar-refractivity contribution in [1.82, 2.24) is 15.1 Å². The van der Waals surface area contributed by atoms with Gasteiger partial charge in [-0.25, -0.2) is 8.42 Å². The van der Waals surface area contributed by atoms with Gasteiger partial charge in [-0.1, -0.05) is 72.3 Å². The van der Waals surface area contributed by atoms with E-state index in [0.29, 0.717) is 11.6 Å². The molecule has 2 fully saturated rings. The number of rotatable bonds is 10. The average molecular weight is 645 g/mol. The van der Waals surface area contributed by atoms with E-state index in [1.54, 1.807) is 30.3 Å². The second-order valence-corrected chi connectivity index (χ2v) is 14.0. The summed E-state index contributed by atoms with van der Waals surface area (Å²) in [7, 11) is -3.24. The molecule has 10 heteroatoms. The molecule has 1 atom stereocenters. The number of amides is 2. The largest absolute Gasteiger partial charge is 0.349 e. The van der Waals surface area contributed by atoms with Gasteiger partial charge < -0.3 is 15.1 Å². The number of hydrogen-bond acceptors (Lipinski definition) is 5. The maximum atomic E-state index is 13.5. The van der Waals surface area contributed by atoms with Crippen molar-refractivity contribution >= 4 is 45.7 Å². The third-order valence-electron chi connectivity index (χ3n) is 8.72. The van der Waals surface area contributed by atoms with Crippen LogP contribution in [-0.2, 0) is 32.4 Å². The van der Waals surface area contributed by atoms with Gasteiger partial charge >= 0.3 is 0 Å². The van der Waals surface area contributed by atoms with Gasteiger partial charge in [0.25, 0.3) is 0 Å². The molecule has 43 heavy (non-hydrogen) atoms. The summed E-state index contributed by atoms with van der Waals surface area (Å²) in [4.78, 5) is 31.1. The monoisotopic (exact) mass is 643 g/mol. The average Bonchev–Trinajstić information content (AvgIpc) is 3.27. The lowest BCUT2D eigenvalue weighted by Gasteiger charge is -2.38. The van der Waals surface area contributed by atoms with Crippen LogP contribution in [0.2, 0.25) is 5.02 Å². The Labute approximate surface area is 265 Å².